The van der Waals surface area contributed by atoms with E-state index in [-0.39, 0.29) is 12.6 Å². The van der Waals surface area contributed by atoms with Gasteiger partial charge < -0.3 is 14.8 Å². The van der Waals surface area contributed by atoms with Gasteiger partial charge in [-0.25, -0.2) is 8.42 Å². The number of hydrogen-bond acceptors (Lipinski definition) is 5. The summed E-state index contributed by atoms with van der Waals surface area (Å²) >= 11 is 0. The number of nitrogens with one attached hydrogen (secondary N) is 1. The van der Waals surface area contributed by atoms with E-state index in [1.54, 1.807) is 25.1 Å². The average Bonchev–Trinajstić information content (AvgIpc) is 2.71. The van der Waals surface area contributed by atoms with Crippen LogP contribution in [-0.2, 0) is 21.2 Å². The number of rotatable bonds is 7. The van der Waals surface area contributed by atoms with Crippen molar-refractivity contribution in [3.05, 3.63) is 54.1 Å². The average molecular weight is 419 g/mol. The normalized spacial score (nSPS) is 16.7. The lowest BCUT2D eigenvalue weighted by Gasteiger charge is -2.30. The Morgan fingerprint density at radius 3 is 2.45 bits per heavy atom. The van der Waals surface area contributed by atoms with Crippen molar-refractivity contribution in [3.8, 4) is 11.5 Å². The van der Waals surface area contributed by atoms with Crippen molar-refractivity contribution >= 4 is 21.6 Å². The molecular weight excluding hydrogens is 392 g/mol. The standard InChI is InChI=1S/C21H26N2O5S/c1-4-16-9-11-17(12-10-16)23(29(3,25)26)15(2)21(24)22-13-18-14-27-19-7-5-6-8-20(19)28-18/h5-12,15,18H,4,13-14H2,1-3H3,(H,22,24)/t15-,18-/m1/s1. The molecular formula is C21H26N2O5S. The van der Waals surface area contributed by atoms with Gasteiger partial charge in [-0.3, -0.25) is 9.10 Å². The second-order valence-electron chi connectivity index (χ2n) is 7.00. The van der Waals surface area contributed by atoms with Crippen molar-refractivity contribution in [2.24, 2.45) is 0 Å². The number of para-hydroxylation sites is 2. The van der Waals surface area contributed by atoms with Gasteiger partial charge in [-0.2, -0.15) is 0 Å². The smallest absolute Gasteiger partial charge is 0.243 e. The van der Waals surface area contributed by atoms with Crippen molar-refractivity contribution < 1.29 is 22.7 Å². The SMILES string of the molecule is CCc1ccc(N([C@H](C)C(=O)NC[C@@H]2COc3ccccc3O2)S(C)(=O)=O)cc1. The molecule has 2 aromatic rings. The zero-order chi connectivity index (χ0) is 21.0. The van der Waals surface area contributed by atoms with Gasteiger partial charge in [-0.15, -0.1) is 0 Å². The van der Waals surface area contributed by atoms with E-state index < -0.39 is 22.0 Å². The van der Waals surface area contributed by atoms with Gasteiger partial charge in [0.2, 0.25) is 15.9 Å². The number of sulfonamides is 1. The molecule has 2 atom stereocenters. The molecule has 0 saturated carbocycles. The molecule has 1 heterocycles. The van der Waals surface area contributed by atoms with Gasteiger partial charge >= 0.3 is 0 Å². The highest BCUT2D eigenvalue weighted by atomic mass is 32.2. The second kappa shape index (κ2) is 8.73. The molecule has 0 saturated heterocycles. The number of carbonyl (C=O) groups is 1. The fraction of sp³-hybridized carbons (Fsp3) is 0.381. The molecule has 29 heavy (non-hydrogen) atoms. The van der Waals surface area contributed by atoms with Gasteiger partial charge in [0.25, 0.3) is 0 Å². The van der Waals surface area contributed by atoms with Crippen molar-refractivity contribution in [3.63, 3.8) is 0 Å². The zero-order valence-corrected chi connectivity index (χ0v) is 17.6. The minimum absolute atomic E-state index is 0.212. The molecule has 2 aromatic carbocycles. The minimum atomic E-state index is -3.65. The Bertz CT molecular complexity index is 959. The maximum Gasteiger partial charge on any atom is 0.243 e. The van der Waals surface area contributed by atoms with Crippen LogP contribution in [0.1, 0.15) is 19.4 Å². The van der Waals surface area contributed by atoms with Crippen LogP contribution in [0.15, 0.2) is 48.5 Å². The molecule has 0 aromatic heterocycles. The van der Waals surface area contributed by atoms with Crippen LogP contribution in [0.2, 0.25) is 0 Å². The molecule has 0 spiro atoms. The Morgan fingerprint density at radius 1 is 1.17 bits per heavy atom. The molecule has 0 bridgehead atoms. The van der Waals surface area contributed by atoms with Crippen LogP contribution in [0.5, 0.6) is 11.5 Å². The summed E-state index contributed by atoms with van der Waals surface area (Å²) in [6.45, 7) is 4.11. The first-order valence-corrected chi connectivity index (χ1v) is 11.4. The predicted octanol–water partition coefficient (Wildman–Crippen LogP) is 2.36. The third kappa shape index (κ3) is 5.00. The monoisotopic (exact) mass is 418 g/mol. The van der Waals surface area contributed by atoms with Gasteiger partial charge in [0, 0.05) is 0 Å². The van der Waals surface area contributed by atoms with Gasteiger partial charge in [-0.05, 0) is 43.2 Å². The van der Waals surface area contributed by atoms with E-state index in [4.69, 9.17) is 9.47 Å². The summed E-state index contributed by atoms with van der Waals surface area (Å²) in [7, 11) is -3.65. The molecule has 1 amide bonds. The summed E-state index contributed by atoms with van der Waals surface area (Å²) in [4.78, 5) is 12.7. The number of fused-ring (bicyclic) bond motifs is 1. The molecule has 7 nitrogen and oxygen atoms in total. The summed E-state index contributed by atoms with van der Waals surface area (Å²) in [5, 5.41) is 2.78. The minimum Gasteiger partial charge on any atom is -0.486 e. The molecule has 0 fully saturated rings. The maximum absolute atomic E-state index is 12.7. The van der Waals surface area contributed by atoms with Crippen molar-refractivity contribution in [2.75, 3.05) is 23.7 Å². The molecule has 1 N–H and O–H groups in total. The van der Waals surface area contributed by atoms with Gasteiger partial charge in [0.05, 0.1) is 18.5 Å². The number of amides is 1. The Kier molecular flexibility index (Phi) is 6.32. The van der Waals surface area contributed by atoms with Crippen LogP contribution in [0, 0.1) is 0 Å². The van der Waals surface area contributed by atoms with Gasteiger partial charge in [-0.1, -0.05) is 31.2 Å². The topological polar surface area (TPSA) is 84.9 Å². The largest absolute Gasteiger partial charge is 0.486 e. The fourth-order valence-electron chi connectivity index (χ4n) is 3.21. The van der Waals surface area contributed by atoms with E-state index in [0.717, 1.165) is 22.5 Å². The predicted molar refractivity (Wildman–Crippen MR) is 112 cm³/mol. The molecule has 1 aliphatic rings. The van der Waals surface area contributed by atoms with Crippen LogP contribution < -0.4 is 19.1 Å². The van der Waals surface area contributed by atoms with Gasteiger partial charge in [0.15, 0.2) is 11.5 Å². The van der Waals surface area contributed by atoms with Gasteiger partial charge in [0.1, 0.15) is 18.8 Å². The first-order valence-electron chi connectivity index (χ1n) is 9.54. The number of aryl methyl sites for hydroxylation is 1. The van der Waals surface area contributed by atoms with E-state index >= 15 is 0 Å². The number of anilines is 1. The highest BCUT2D eigenvalue weighted by molar-refractivity contribution is 7.92. The molecule has 8 heteroatoms. The third-order valence-electron chi connectivity index (χ3n) is 4.76. The fourth-order valence-corrected chi connectivity index (χ4v) is 4.39. The van der Waals surface area contributed by atoms with Crippen LogP contribution in [0.25, 0.3) is 0 Å². The van der Waals surface area contributed by atoms with Crippen LogP contribution in [-0.4, -0.2) is 45.9 Å². The Labute approximate surface area is 171 Å². The van der Waals surface area contributed by atoms with Crippen LogP contribution in [0.4, 0.5) is 5.69 Å². The molecule has 0 unspecified atom stereocenters. The highest BCUT2D eigenvalue weighted by Crippen LogP contribution is 2.30. The summed E-state index contributed by atoms with van der Waals surface area (Å²) in [6.07, 6.45) is 1.60. The van der Waals surface area contributed by atoms with E-state index in [1.165, 1.54) is 0 Å². The summed E-state index contributed by atoms with van der Waals surface area (Å²) < 4.78 is 37.4. The first-order chi connectivity index (χ1) is 13.8. The number of benzene rings is 2. The zero-order valence-electron chi connectivity index (χ0n) is 16.8. The molecule has 0 radical (unpaired) electrons. The number of carbonyl (C=O) groups excluding carboxylic acids is 1. The van der Waals surface area contributed by atoms with E-state index in [1.807, 2.05) is 37.3 Å². The van der Waals surface area contributed by atoms with Crippen LogP contribution in [0.3, 0.4) is 0 Å². The quantitative estimate of drug-likeness (QED) is 0.746. The number of hydrogen-bond donors (Lipinski definition) is 1. The molecule has 1 aliphatic heterocycles. The Hall–Kier alpha value is -2.74. The van der Waals surface area contributed by atoms with E-state index in [2.05, 4.69) is 5.32 Å². The lowest BCUT2D eigenvalue weighted by atomic mass is 10.1. The first kappa shape index (κ1) is 21.0. The Morgan fingerprint density at radius 2 is 1.83 bits per heavy atom. The molecule has 0 aliphatic carbocycles. The summed E-state index contributed by atoms with van der Waals surface area (Å²) in [6, 6.07) is 13.6. The Balaban J connectivity index is 1.66. The van der Waals surface area contributed by atoms with Crippen molar-refractivity contribution in [1.82, 2.24) is 5.32 Å². The van der Waals surface area contributed by atoms with Crippen molar-refractivity contribution in [1.29, 1.82) is 0 Å². The second-order valence-corrected chi connectivity index (χ2v) is 8.86. The van der Waals surface area contributed by atoms with E-state index in [0.29, 0.717) is 23.8 Å². The lowest BCUT2D eigenvalue weighted by Crippen LogP contribution is -2.50. The van der Waals surface area contributed by atoms with E-state index in [9.17, 15) is 13.2 Å². The maximum atomic E-state index is 12.7. The lowest BCUT2D eigenvalue weighted by molar-refractivity contribution is -0.122. The van der Waals surface area contributed by atoms with Crippen LogP contribution >= 0.6 is 0 Å². The number of ether oxygens (including phenoxy) is 2. The highest BCUT2D eigenvalue weighted by Gasteiger charge is 2.30. The summed E-state index contributed by atoms with van der Waals surface area (Å²) in [5.41, 5.74) is 1.55. The number of nitrogens with zero attached hydrogens (tertiary/aromatic N) is 1. The summed E-state index contributed by atoms with van der Waals surface area (Å²) in [5.74, 6) is 0.888. The third-order valence-corrected chi connectivity index (χ3v) is 6.00. The molecule has 156 valence electrons. The van der Waals surface area contributed by atoms with Crippen molar-refractivity contribution in [2.45, 2.75) is 32.4 Å². The molecule has 3 rings (SSSR count).